The number of carbonyl (C=O) groups excluding carboxylic acids is 6. The average Bonchev–Trinajstić information content (AvgIpc) is 1.37. The van der Waals surface area contributed by atoms with Gasteiger partial charge in [-0.3, -0.25) is 37.7 Å². The smallest absolute Gasteiger partial charge is 0.471 e. The first-order chi connectivity index (χ1) is 56.7. The minimum atomic E-state index is -5.30. The number of aromatic nitrogens is 7. The maximum absolute atomic E-state index is 18.2. The number of esters is 1. The van der Waals surface area contributed by atoms with Crippen LogP contribution in [-0.2, 0) is 101 Å². The Hall–Kier alpha value is -8.45. The van der Waals surface area contributed by atoms with Crippen LogP contribution in [0.25, 0.3) is 22.2 Å². The molecule has 4 amide bonds. The van der Waals surface area contributed by atoms with Crippen molar-refractivity contribution in [3.8, 4) is 11.5 Å². The number of hydrogen-bond donors (Lipinski definition) is 2. The highest BCUT2D eigenvalue weighted by Crippen LogP contribution is 2.57. The van der Waals surface area contributed by atoms with Crippen LogP contribution < -0.4 is 30.6 Å². The van der Waals surface area contributed by atoms with Crippen molar-refractivity contribution in [2.75, 3.05) is 85.1 Å². The van der Waals surface area contributed by atoms with Crippen LogP contribution >= 0.6 is 6.72 Å². The fourth-order valence-corrected chi connectivity index (χ4v) is 19.0. The molecule has 4 aliphatic rings. The first-order valence-corrected chi connectivity index (χ1v) is 52.8. The van der Waals surface area contributed by atoms with Crippen molar-refractivity contribution in [3.05, 3.63) is 137 Å². The van der Waals surface area contributed by atoms with Crippen LogP contribution in [0.5, 0.6) is 11.5 Å². The van der Waals surface area contributed by atoms with Crippen molar-refractivity contribution in [2.45, 2.75) is 209 Å². The molecule has 31 nitrogen and oxygen atoms in total. The lowest BCUT2D eigenvalue weighted by Gasteiger charge is -2.42. The summed E-state index contributed by atoms with van der Waals surface area (Å²) in [5, 5.41) is 4.76. The number of benzene rings is 3. The van der Waals surface area contributed by atoms with Gasteiger partial charge < -0.3 is 81.0 Å². The van der Waals surface area contributed by atoms with Gasteiger partial charge in [-0.2, -0.15) is 13.2 Å². The number of nitrogens with one attached hydrogen (secondary N) is 2. The molecule has 40 heteroatoms. The van der Waals surface area contributed by atoms with Crippen LogP contribution in [0.4, 0.5) is 33.0 Å². The van der Waals surface area contributed by atoms with Crippen LogP contribution in [0, 0.1) is 0 Å². The molecule has 0 unspecified atom stereocenters. The fraction of sp³-hybridized carbons (Fsp3) is 0.562. The van der Waals surface area contributed by atoms with Gasteiger partial charge in [-0.25, -0.2) is 33.9 Å². The Morgan fingerprint density at radius 3 is 1.96 bits per heavy atom. The predicted molar refractivity (Wildman–Crippen MR) is 446 cm³/mol. The fourth-order valence-electron chi connectivity index (χ4n) is 14.2. The number of amides is 4. The minimum absolute atomic E-state index is 0.00236. The summed E-state index contributed by atoms with van der Waals surface area (Å²) in [6, 6.07) is 24.2. The number of alkyl carbamates (subject to hydrolysis) is 1. The largest absolute Gasteiger partial charge is 0.497 e. The number of imidazole rings is 1. The molecule has 0 bridgehead atoms. The highest BCUT2D eigenvalue weighted by molar-refractivity contribution is 8.07. The van der Waals surface area contributed by atoms with Crippen molar-refractivity contribution < 1.29 is 107 Å². The number of carbonyl (C=O) groups is 6. The van der Waals surface area contributed by atoms with Crippen LogP contribution in [0.3, 0.4) is 0 Å². The molecule has 3 aromatic carbocycles. The van der Waals surface area contributed by atoms with Crippen molar-refractivity contribution in [1.82, 2.24) is 49.2 Å². The lowest BCUT2D eigenvalue weighted by molar-refractivity contribution is -0.186. The summed E-state index contributed by atoms with van der Waals surface area (Å²) in [5.41, 5.74) is 0.266. The number of Topliss-reactive ketones (excluding diaryl/α,β-unsaturated/α-hetero) is 1. The summed E-state index contributed by atoms with van der Waals surface area (Å²) >= 11 is 6.59. The highest BCUT2D eigenvalue weighted by atomic mass is 32.5. The van der Waals surface area contributed by atoms with Gasteiger partial charge in [0, 0.05) is 41.9 Å². The van der Waals surface area contributed by atoms with Crippen LogP contribution in [0.2, 0.25) is 69.5 Å². The molecule has 0 spiro atoms. The van der Waals surface area contributed by atoms with E-state index in [-0.39, 0.29) is 107 Å². The SMILES string of the molecule is COc1ccc(C(OC[C@H]2O[C@@H](n3cnc4c(=O)n(CCOCNC(=O)CNC(=O)OCC[Si](C)(C)C)cnc43)[C@H](O[P@@](=S)(OC[C@H]3CCCN3C(=O)C(F)(F)F)OC[C@H]3O[C@@H](n4cc5c6c(ncnc64)N(C(=O)OCC[Si](C)(C)C)CCC5)[C@H](F)[C@@H]3OC(=O)CCC(C)=O)[C@@H]2O[Si](C)(C)C(C)(C)C)(c2ccccc2)c2ccc(OC)cc2)cc1. The normalized spacial score (nSPS) is 21.0. The van der Waals surface area contributed by atoms with Gasteiger partial charge in [-0.15, -0.1) is 0 Å². The summed E-state index contributed by atoms with van der Waals surface area (Å²) in [5.74, 6) is -2.76. The van der Waals surface area contributed by atoms with Crippen LogP contribution in [0.15, 0.2) is 109 Å². The first-order valence-electron chi connectivity index (χ1n) is 39.9. The molecule has 2 N–H and O–H groups in total. The first kappa shape index (κ1) is 92.3. The number of ether oxygens (including phenoxy) is 9. The van der Waals surface area contributed by atoms with E-state index in [1.54, 1.807) is 44.7 Å². The molecular weight excluding hydrogens is 1660 g/mol. The number of methoxy groups -OCH3 is 2. The van der Waals surface area contributed by atoms with Crippen molar-refractivity contribution >= 4 is 107 Å². The summed E-state index contributed by atoms with van der Waals surface area (Å²) < 4.78 is 150. The Morgan fingerprint density at radius 2 is 1.32 bits per heavy atom. The van der Waals surface area contributed by atoms with E-state index in [0.29, 0.717) is 62.9 Å². The Bertz CT molecular complexity index is 4820. The molecule has 10 atom stereocenters. The molecule has 0 radical (unpaired) electrons. The third-order valence-corrected chi connectivity index (χ3v) is 32.0. The van der Waals surface area contributed by atoms with E-state index in [1.165, 1.54) is 44.5 Å². The lowest BCUT2D eigenvalue weighted by Crippen LogP contribution is -2.51. The second-order valence-corrected chi connectivity index (χ2v) is 52.9. The second kappa shape index (κ2) is 39.0. The van der Waals surface area contributed by atoms with E-state index in [0.717, 1.165) is 6.04 Å². The minimum Gasteiger partial charge on any atom is -0.497 e. The third kappa shape index (κ3) is 22.3. The van der Waals surface area contributed by atoms with Gasteiger partial charge in [0.15, 0.2) is 50.0 Å². The Morgan fingerprint density at radius 1 is 0.692 bits per heavy atom. The van der Waals surface area contributed by atoms with Gasteiger partial charge in [0.05, 0.1) is 84.6 Å². The predicted octanol–water partition coefficient (Wildman–Crippen LogP) is 12.4. The van der Waals surface area contributed by atoms with Crippen molar-refractivity contribution in [1.29, 1.82) is 0 Å². The monoisotopic (exact) mass is 1770 g/mol. The number of fused-ring (bicyclic) bond motifs is 1. The van der Waals surface area contributed by atoms with E-state index in [2.05, 4.69) is 64.9 Å². The van der Waals surface area contributed by atoms with E-state index in [1.807, 2.05) is 88.5 Å². The lowest BCUT2D eigenvalue weighted by atomic mass is 9.80. The number of hydrogen-bond acceptors (Lipinski definition) is 25. The molecule has 4 aliphatic heterocycles. The van der Waals surface area contributed by atoms with Crippen molar-refractivity contribution in [3.63, 3.8) is 0 Å². The topological polar surface area (TPSA) is 336 Å². The Kier molecular flexibility index (Phi) is 30.0. The second-order valence-electron chi connectivity index (χ2n) is 33.9. The molecule has 3 fully saturated rings. The quantitative estimate of drug-likeness (QED) is 0.00534. The Balaban J connectivity index is 0.999. The summed E-state index contributed by atoms with van der Waals surface area (Å²) in [6.07, 6.45) is -14.4. The highest BCUT2D eigenvalue weighted by Gasteiger charge is 2.57. The number of halogens is 4. The van der Waals surface area contributed by atoms with E-state index in [9.17, 15) is 46.7 Å². The van der Waals surface area contributed by atoms with Crippen molar-refractivity contribution in [2.24, 2.45) is 0 Å². The van der Waals surface area contributed by atoms with Gasteiger partial charge in [-0.05, 0) is 121 Å². The number of likely N-dealkylation sites (tertiary alicyclic amines) is 1. The van der Waals surface area contributed by atoms with E-state index >= 15 is 4.39 Å². The van der Waals surface area contributed by atoms with Gasteiger partial charge in [0.1, 0.15) is 78.9 Å². The zero-order valence-electron chi connectivity index (χ0n) is 70.0. The summed E-state index contributed by atoms with van der Waals surface area (Å²) in [4.78, 5) is 114. The third-order valence-electron chi connectivity index (χ3n) is 21.8. The number of anilines is 1. The molecule has 4 aromatic heterocycles. The molecule has 120 heavy (non-hydrogen) atoms. The number of ketones is 1. The standard InChI is InChI=1S/C80H108F4N11O20PSSi3/c1-51(96)24-33-62(98)113-66-60(111-73(64(66)81)94-43-52-20-18-35-93(69-63(52)70(94)87-47-86-69)77(102)107-39-41-119(10,11)12)46-110-116(117,109-44-56-23-19-34-92(56)75(100)80(82,83)84)114-68-67(115-120(13,14)78(2,3)4)59(45-108-79(53-21-16-15-17-22-53,54-25-29-57(103-5)30-26-54)55-27-31-58(104-6)32-28-55)112-74(68)95-49-88-65-71(95)89-48-91(72(65)99)36-37-105-50-90-61(97)42-85-76(101)106-38-40-118(7,8)9/h15-17,21-22,25-32,43,47-49,56,59-60,64,66-68,73-74H,18-20,23-24,33-42,44-46,50H2,1-14H3,(H,85,101)(H,90,97)/t56-,59-,60-,64-,66-,67-,68-,73-,74-,116-/m1/s1. The van der Waals surface area contributed by atoms with Gasteiger partial charge >= 0.3 is 37.0 Å². The average molecular weight is 1770 g/mol. The number of aryl methyl sites for hydroxylation is 1. The summed E-state index contributed by atoms with van der Waals surface area (Å²) in [6.45, 7) is 16.8. The molecule has 11 rings (SSSR count). The van der Waals surface area contributed by atoms with Gasteiger partial charge in [0.25, 0.3) is 5.56 Å². The molecule has 0 saturated carbocycles. The number of alkyl halides is 4. The maximum atomic E-state index is 18.2. The molecule has 7 aromatic rings. The summed E-state index contributed by atoms with van der Waals surface area (Å²) in [7, 11) is -3.23. The zero-order valence-corrected chi connectivity index (χ0v) is 74.7. The number of rotatable bonds is 37. The van der Waals surface area contributed by atoms with Gasteiger partial charge in [-0.1, -0.05) is 115 Å². The Labute approximate surface area is 701 Å². The molecule has 654 valence electrons. The number of nitrogens with zero attached hydrogens (tertiary/aromatic N) is 9. The molecule has 0 aliphatic carbocycles. The van der Waals surface area contributed by atoms with Gasteiger partial charge in [0.2, 0.25) is 5.91 Å². The maximum Gasteiger partial charge on any atom is 0.471 e. The zero-order chi connectivity index (χ0) is 86.9. The molecular formula is C80H108F4N11O20PSSi3. The van der Waals surface area contributed by atoms with Crippen LogP contribution in [0.1, 0.15) is 94.5 Å². The molecule has 8 heterocycles. The van der Waals surface area contributed by atoms with E-state index in [4.69, 9.17) is 77.4 Å². The van der Waals surface area contributed by atoms with Crippen LogP contribution in [-0.4, -0.2) is 228 Å². The van der Waals surface area contributed by atoms with E-state index < -0.39 is 158 Å². The molecule has 3 saturated heterocycles.